The van der Waals surface area contributed by atoms with E-state index in [9.17, 15) is 9.59 Å². The first-order chi connectivity index (χ1) is 13.4. The highest BCUT2D eigenvalue weighted by molar-refractivity contribution is 5.97. The number of carbonyl (C=O) groups is 2. The molecule has 5 nitrogen and oxygen atoms in total. The fourth-order valence-corrected chi connectivity index (χ4v) is 6.32. The van der Waals surface area contributed by atoms with Crippen molar-refractivity contribution in [3.05, 3.63) is 23.8 Å². The summed E-state index contributed by atoms with van der Waals surface area (Å²) in [6.45, 7) is 3.57. The second-order valence-corrected chi connectivity index (χ2v) is 9.28. The predicted molar refractivity (Wildman–Crippen MR) is 107 cm³/mol. The number of carbonyl (C=O) groups excluding carboxylic acids is 2. The van der Waals surface area contributed by atoms with Gasteiger partial charge >= 0.3 is 0 Å². The van der Waals surface area contributed by atoms with Gasteiger partial charge in [-0.05, 0) is 93.7 Å². The fourth-order valence-electron chi connectivity index (χ4n) is 6.32. The molecule has 4 bridgehead atoms. The average molecular weight is 386 g/mol. The second-order valence-electron chi connectivity index (χ2n) is 9.28. The molecule has 0 saturated heterocycles. The van der Waals surface area contributed by atoms with Crippen LogP contribution in [0.3, 0.4) is 0 Å². The Morgan fingerprint density at radius 2 is 1.75 bits per heavy atom. The molecule has 0 radical (unpaired) electrons. The lowest BCUT2D eigenvalue weighted by molar-refractivity contribution is -0.127. The summed E-state index contributed by atoms with van der Waals surface area (Å²) in [6.07, 6.45) is 7.97. The standard InChI is InChI=1S/C23H31NO4/c1-14(25)20-9-19(27-3)4-5-21(20)28-13-22(26)24-15(2)23-10-16-6-17(11-23)8-18(7-16)12-23/h4-5,9,15-18H,6-8,10-13H2,1-3H3,(H,24,26)/t15-,16?,17?,18?,23?/m1/s1. The molecular weight excluding hydrogens is 354 g/mol. The van der Waals surface area contributed by atoms with Crippen LogP contribution in [0.2, 0.25) is 0 Å². The van der Waals surface area contributed by atoms with Gasteiger partial charge in [-0.15, -0.1) is 0 Å². The summed E-state index contributed by atoms with van der Waals surface area (Å²) in [4.78, 5) is 24.5. The first kappa shape index (κ1) is 19.3. The highest BCUT2D eigenvalue weighted by Crippen LogP contribution is 2.61. The van der Waals surface area contributed by atoms with Crippen LogP contribution in [0.5, 0.6) is 11.5 Å². The Bertz CT molecular complexity index is 737. The number of nitrogens with one attached hydrogen (secondary N) is 1. The predicted octanol–water partition coefficient (Wildman–Crippen LogP) is 4.00. The van der Waals surface area contributed by atoms with Crippen LogP contribution in [-0.4, -0.2) is 31.4 Å². The molecule has 5 rings (SSSR count). The molecule has 4 aliphatic rings. The molecule has 1 aromatic rings. The third-order valence-electron chi connectivity index (χ3n) is 7.31. The van der Waals surface area contributed by atoms with E-state index in [1.165, 1.54) is 45.4 Å². The average Bonchev–Trinajstić information content (AvgIpc) is 2.65. The molecule has 28 heavy (non-hydrogen) atoms. The fraction of sp³-hybridized carbons (Fsp3) is 0.652. The lowest BCUT2D eigenvalue weighted by Crippen LogP contribution is -2.56. The van der Waals surface area contributed by atoms with Crippen LogP contribution in [0, 0.1) is 23.2 Å². The van der Waals surface area contributed by atoms with Gasteiger partial charge in [-0.25, -0.2) is 0 Å². The highest BCUT2D eigenvalue weighted by atomic mass is 16.5. The van der Waals surface area contributed by atoms with Crippen LogP contribution in [-0.2, 0) is 4.79 Å². The van der Waals surface area contributed by atoms with Gasteiger partial charge in [0.1, 0.15) is 11.5 Å². The first-order valence-corrected chi connectivity index (χ1v) is 10.5. The monoisotopic (exact) mass is 385 g/mol. The number of ketones is 1. The maximum Gasteiger partial charge on any atom is 0.258 e. The van der Waals surface area contributed by atoms with E-state index in [-0.39, 0.29) is 29.8 Å². The zero-order valence-corrected chi connectivity index (χ0v) is 17.1. The maximum absolute atomic E-state index is 12.6. The van der Waals surface area contributed by atoms with Gasteiger partial charge in [0.25, 0.3) is 5.91 Å². The molecule has 1 N–H and O–H groups in total. The normalized spacial score (nSPS) is 31.3. The summed E-state index contributed by atoms with van der Waals surface area (Å²) in [5.74, 6) is 3.37. The van der Waals surface area contributed by atoms with Gasteiger partial charge in [0.2, 0.25) is 0 Å². The Morgan fingerprint density at radius 3 is 2.29 bits per heavy atom. The largest absolute Gasteiger partial charge is 0.497 e. The molecule has 152 valence electrons. The van der Waals surface area contributed by atoms with E-state index >= 15 is 0 Å². The SMILES string of the molecule is COc1ccc(OCC(=O)N[C@H](C)C23CC4CC(CC(C4)C2)C3)c(C(C)=O)c1. The van der Waals surface area contributed by atoms with Crippen molar-refractivity contribution in [3.8, 4) is 11.5 Å². The second kappa shape index (κ2) is 7.41. The van der Waals surface area contributed by atoms with E-state index in [2.05, 4.69) is 12.2 Å². The topological polar surface area (TPSA) is 64.6 Å². The van der Waals surface area contributed by atoms with Gasteiger partial charge < -0.3 is 14.8 Å². The van der Waals surface area contributed by atoms with Crippen molar-refractivity contribution < 1.29 is 19.1 Å². The third kappa shape index (κ3) is 3.63. The van der Waals surface area contributed by atoms with Crippen molar-refractivity contribution in [3.63, 3.8) is 0 Å². The molecule has 1 amide bonds. The minimum Gasteiger partial charge on any atom is -0.497 e. The van der Waals surface area contributed by atoms with E-state index in [0.717, 1.165) is 17.8 Å². The summed E-state index contributed by atoms with van der Waals surface area (Å²) < 4.78 is 10.9. The Labute approximate surface area is 167 Å². The minimum absolute atomic E-state index is 0.0800. The summed E-state index contributed by atoms with van der Waals surface area (Å²) in [6, 6.07) is 5.23. The molecule has 4 saturated carbocycles. The van der Waals surface area contributed by atoms with Crippen molar-refractivity contribution in [1.29, 1.82) is 0 Å². The van der Waals surface area contributed by atoms with Gasteiger partial charge in [0, 0.05) is 6.04 Å². The van der Waals surface area contributed by atoms with Gasteiger partial charge in [-0.2, -0.15) is 0 Å². The summed E-state index contributed by atoms with van der Waals surface area (Å²) >= 11 is 0. The van der Waals surface area contributed by atoms with Crippen molar-refractivity contribution in [2.75, 3.05) is 13.7 Å². The lowest BCUT2D eigenvalue weighted by atomic mass is 9.48. The maximum atomic E-state index is 12.6. The molecule has 5 heteroatoms. The van der Waals surface area contributed by atoms with Gasteiger partial charge in [0.15, 0.2) is 12.4 Å². The van der Waals surface area contributed by atoms with Gasteiger partial charge in [-0.3, -0.25) is 9.59 Å². The molecule has 0 aliphatic heterocycles. The molecule has 4 aliphatic carbocycles. The van der Waals surface area contributed by atoms with Gasteiger partial charge in [0.05, 0.1) is 12.7 Å². The third-order valence-corrected chi connectivity index (χ3v) is 7.31. The molecule has 0 unspecified atom stereocenters. The van der Waals surface area contributed by atoms with E-state index in [1.54, 1.807) is 25.3 Å². The van der Waals surface area contributed by atoms with E-state index in [1.807, 2.05) is 0 Å². The number of ether oxygens (including phenoxy) is 2. The van der Waals surface area contributed by atoms with Crippen LogP contribution < -0.4 is 14.8 Å². The summed E-state index contributed by atoms with van der Waals surface area (Å²) in [5, 5.41) is 3.20. The number of hydrogen-bond acceptors (Lipinski definition) is 4. The van der Waals surface area contributed by atoms with Crippen molar-refractivity contribution in [1.82, 2.24) is 5.32 Å². The summed E-state index contributed by atoms with van der Waals surface area (Å²) in [5.41, 5.74) is 0.705. The van der Waals surface area contributed by atoms with E-state index in [4.69, 9.17) is 9.47 Å². The Hall–Kier alpha value is -2.04. The van der Waals surface area contributed by atoms with Crippen molar-refractivity contribution >= 4 is 11.7 Å². The van der Waals surface area contributed by atoms with Gasteiger partial charge in [-0.1, -0.05) is 0 Å². The summed E-state index contributed by atoms with van der Waals surface area (Å²) in [7, 11) is 1.55. The number of Topliss-reactive ketones (excluding diaryl/α,β-unsaturated/α-hetero) is 1. The van der Waals surface area contributed by atoms with Crippen LogP contribution in [0.4, 0.5) is 0 Å². The van der Waals surface area contributed by atoms with Crippen LogP contribution >= 0.6 is 0 Å². The zero-order chi connectivity index (χ0) is 19.9. The van der Waals surface area contributed by atoms with Crippen LogP contribution in [0.1, 0.15) is 62.7 Å². The number of methoxy groups -OCH3 is 1. The molecule has 0 heterocycles. The smallest absolute Gasteiger partial charge is 0.258 e. The Kier molecular flexibility index (Phi) is 5.11. The number of benzene rings is 1. The Balaban J connectivity index is 1.37. The number of hydrogen-bond donors (Lipinski definition) is 1. The molecule has 1 atom stereocenters. The molecule has 0 spiro atoms. The molecule has 4 fully saturated rings. The quantitative estimate of drug-likeness (QED) is 0.721. The number of amides is 1. The molecule has 1 aromatic carbocycles. The lowest BCUT2D eigenvalue weighted by Gasteiger charge is -2.59. The first-order valence-electron chi connectivity index (χ1n) is 10.5. The Morgan fingerprint density at radius 1 is 1.14 bits per heavy atom. The molecule has 0 aromatic heterocycles. The zero-order valence-electron chi connectivity index (χ0n) is 17.1. The highest BCUT2D eigenvalue weighted by Gasteiger charge is 2.53. The number of rotatable bonds is 7. The van der Waals surface area contributed by atoms with Crippen molar-refractivity contribution in [2.24, 2.45) is 23.2 Å². The van der Waals surface area contributed by atoms with E-state index < -0.39 is 0 Å². The van der Waals surface area contributed by atoms with Crippen molar-refractivity contribution in [2.45, 2.75) is 58.4 Å². The minimum atomic E-state index is -0.117. The van der Waals surface area contributed by atoms with Crippen LogP contribution in [0.25, 0.3) is 0 Å². The molecular formula is C23H31NO4. The van der Waals surface area contributed by atoms with Crippen LogP contribution in [0.15, 0.2) is 18.2 Å². The van der Waals surface area contributed by atoms with E-state index in [0.29, 0.717) is 17.1 Å².